The largest absolute Gasteiger partial charge is 0.417 e. The van der Waals surface area contributed by atoms with Gasteiger partial charge in [0.15, 0.2) is 0 Å². The van der Waals surface area contributed by atoms with Gasteiger partial charge in [-0.1, -0.05) is 18.7 Å². The van der Waals surface area contributed by atoms with Gasteiger partial charge in [-0.25, -0.2) is 4.79 Å². The van der Waals surface area contributed by atoms with Crippen LogP contribution in [0.3, 0.4) is 0 Å². The molecule has 49 heavy (non-hydrogen) atoms. The summed E-state index contributed by atoms with van der Waals surface area (Å²) in [5.41, 5.74) is 5.03. The second-order valence-electron chi connectivity index (χ2n) is 12.7. The first-order valence-corrected chi connectivity index (χ1v) is 17.7. The summed E-state index contributed by atoms with van der Waals surface area (Å²) in [5, 5.41) is 10.7. The molecule has 2 saturated heterocycles. The minimum atomic E-state index is -4.85. The van der Waals surface area contributed by atoms with Gasteiger partial charge < -0.3 is 20.4 Å². The van der Waals surface area contributed by atoms with E-state index in [1.54, 1.807) is 32.9 Å². The zero-order valence-electron chi connectivity index (χ0n) is 26.7. The molecular formula is C34H32F3N7O3S2. The summed E-state index contributed by atoms with van der Waals surface area (Å²) in [6, 6.07) is 6.88. The van der Waals surface area contributed by atoms with Crippen LogP contribution < -0.4 is 16.3 Å². The number of rotatable bonds is 4. The van der Waals surface area contributed by atoms with Gasteiger partial charge in [0.1, 0.15) is 16.9 Å². The van der Waals surface area contributed by atoms with Gasteiger partial charge in [-0.15, -0.1) is 23.1 Å². The van der Waals surface area contributed by atoms with Crippen LogP contribution in [0.15, 0.2) is 46.6 Å². The number of thioether (sulfide) groups is 1. The molecule has 4 aromatic rings. The number of hydrogen-bond acceptors (Lipinski definition) is 9. The Balaban J connectivity index is 1.54. The highest BCUT2D eigenvalue weighted by Crippen LogP contribution is 2.51. The van der Waals surface area contributed by atoms with Gasteiger partial charge in [-0.3, -0.25) is 14.2 Å². The van der Waals surface area contributed by atoms with Crippen LogP contribution in [0.4, 0.5) is 24.0 Å². The molecule has 0 saturated carbocycles. The highest BCUT2D eigenvalue weighted by molar-refractivity contribution is 7.99. The lowest BCUT2D eigenvalue weighted by atomic mass is 9.93. The van der Waals surface area contributed by atoms with Crippen molar-refractivity contribution in [3.8, 4) is 17.2 Å². The van der Waals surface area contributed by atoms with Crippen molar-refractivity contribution in [2.75, 3.05) is 36.0 Å². The number of carbonyl (C=O) groups is 2. The van der Waals surface area contributed by atoms with E-state index in [1.165, 1.54) is 22.4 Å². The molecule has 2 amide bonds. The fraction of sp³-hybridized carbons (Fsp3) is 0.382. The highest BCUT2D eigenvalue weighted by atomic mass is 32.2. The summed E-state index contributed by atoms with van der Waals surface area (Å²) in [6.45, 7) is 8.27. The maximum atomic E-state index is 15.4. The number of piperazine rings is 1. The Kier molecular flexibility index (Phi) is 8.14. The lowest BCUT2D eigenvalue weighted by Crippen LogP contribution is -2.58. The number of amides is 2. The molecule has 254 valence electrons. The number of aromatic nitrogens is 2. The summed E-state index contributed by atoms with van der Waals surface area (Å²) in [6.07, 6.45) is -2.59. The first kappa shape index (κ1) is 33.0. The van der Waals surface area contributed by atoms with Gasteiger partial charge in [0.2, 0.25) is 11.8 Å². The summed E-state index contributed by atoms with van der Waals surface area (Å²) in [4.78, 5) is 49.4. The predicted molar refractivity (Wildman–Crippen MR) is 185 cm³/mol. The van der Waals surface area contributed by atoms with Crippen LogP contribution >= 0.6 is 23.1 Å². The van der Waals surface area contributed by atoms with E-state index in [4.69, 9.17) is 5.73 Å². The SMILES string of the molecule is C=CC(=O)N1[C@H](C)CN(c2nc(=O)n3c4c(c(-c5cccc6sc(N)c(C#N)c56)c(C(F)(F)F)cc24)SCC(N2CCCC2=O)C3)C[C@@H]1C. The number of nitrogen functional groups attached to an aromatic ring is 1. The number of nitrogens with two attached hydrogens (primary N) is 1. The molecule has 2 N–H and O–H groups in total. The minimum Gasteiger partial charge on any atom is -0.389 e. The van der Waals surface area contributed by atoms with Crippen molar-refractivity contribution in [3.63, 3.8) is 0 Å². The van der Waals surface area contributed by atoms with E-state index in [2.05, 4.69) is 17.6 Å². The predicted octanol–water partition coefficient (Wildman–Crippen LogP) is 5.46. The first-order chi connectivity index (χ1) is 23.3. The van der Waals surface area contributed by atoms with Gasteiger partial charge in [0.05, 0.1) is 22.7 Å². The number of thiophene rings is 1. The third-order valence-corrected chi connectivity index (χ3v) is 11.9. The Morgan fingerprint density at radius 3 is 2.55 bits per heavy atom. The molecule has 2 aromatic heterocycles. The van der Waals surface area contributed by atoms with Crippen molar-refractivity contribution in [2.24, 2.45) is 0 Å². The average Bonchev–Trinajstić information content (AvgIpc) is 3.56. The number of halogens is 3. The lowest BCUT2D eigenvalue weighted by Gasteiger charge is -2.44. The summed E-state index contributed by atoms with van der Waals surface area (Å²) in [5.74, 6) is 0.0260. The molecule has 0 aliphatic carbocycles. The van der Waals surface area contributed by atoms with E-state index in [9.17, 15) is 19.6 Å². The average molecular weight is 708 g/mol. The van der Waals surface area contributed by atoms with Gasteiger partial charge >= 0.3 is 11.9 Å². The fourth-order valence-corrected chi connectivity index (χ4v) is 9.96. The quantitative estimate of drug-likeness (QED) is 0.277. The zero-order valence-corrected chi connectivity index (χ0v) is 28.3. The molecule has 3 aliphatic rings. The van der Waals surface area contributed by atoms with Crippen molar-refractivity contribution in [1.82, 2.24) is 19.4 Å². The normalized spacial score (nSPS) is 21.3. The number of nitrogens with zero attached hydrogens (tertiary/aromatic N) is 6. The minimum absolute atomic E-state index is 0.0614. The third-order valence-electron chi connectivity index (χ3n) is 9.64. The third kappa shape index (κ3) is 5.32. The molecule has 10 nitrogen and oxygen atoms in total. The maximum absolute atomic E-state index is 15.4. The number of benzene rings is 2. The molecular weight excluding hydrogens is 676 g/mol. The molecule has 0 radical (unpaired) electrons. The van der Waals surface area contributed by atoms with Crippen LogP contribution in [0.25, 0.3) is 32.1 Å². The Bertz CT molecular complexity index is 2160. The van der Waals surface area contributed by atoms with Crippen LogP contribution in [0.5, 0.6) is 0 Å². The number of likely N-dealkylation sites (tertiary alicyclic amines) is 1. The van der Waals surface area contributed by atoms with Crippen LogP contribution in [0.1, 0.15) is 37.8 Å². The topological polar surface area (TPSA) is 129 Å². The second kappa shape index (κ2) is 12.1. The molecule has 5 heterocycles. The van der Waals surface area contributed by atoms with Crippen LogP contribution in [-0.2, 0) is 22.3 Å². The summed E-state index contributed by atoms with van der Waals surface area (Å²) < 4.78 is 48.2. The van der Waals surface area contributed by atoms with Crippen LogP contribution in [0, 0.1) is 11.3 Å². The number of alkyl halides is 3. The fourth-order valence-electron chi connectivity index (χ4n) is 7.64. The monoisotopic (exact) mass is 707 g/mol. The molecule has 3 atom stereocenters. The molecule has 0 spiro atoms. The van der Waals surface area contributed by atoms with Crippen molar-refractivity contribution >= 4 is 66.7 Å². The Morgan fingerprint density at radius 2 is 1.92 bits per heavy atom. The molecule has 2 fully saturated rings. The second-order valence-corrected chi connectivity index (χ2v) is 14.8. The van der Waals surface area contributed by atoms with E-state index in [1.807, 2.05) is 13.8 Å². The zero-order chi connectivity index (χ0) is 34.9. The molecule has 2 aromatic carbocycles. The van der Waals surface area contributed by atoms with E-state index >= 15 is 13.2 Å². The Hall–Kier alpha value is -4.55. The van der Waals surface area contributed by atoms with E-state index in [0.29, 0.717) is 35.0 Å². The molecule has 15 heteroatoms. The summed E-state index contributed by atoms with van der Waals surface area (Å²) in [7, 11) is 0. The number of carbonyl (C=O) groups excluding carboxylic acids is 2. The van der Waals surface area contributed by atoms with Crippen LogP contribution in [0.2, 0.25) is 0 Å². The lowest BCUT2D eigenvalue weighted by molar-refractivity contribution is -0.137. The van der Waals surface area contributed by atoms with Gasteiger partial charge in [0, 0.05) is 76.4 Å². The van der Waals surface area contributed by atoms with Gasteiger partial charge in [0.25, 0.3) is 0 Å². The number of hydrogen-bond donors (Lipinski definition) is 1. The van der Waals surface area contributed by atoms with Crippen molar-refractivity contribution in [2.45, 2.75) is 62.4 Å². The summed E-state index contributed by atoms with van der Waals surface area (Å²) >= 11 is 2.30. The molecule has 3 aliphatic heterocycles. The van der Waals surface area contributed by atoms with Gasteiger partial charge in [-0.05, 0) is 44.0 Å². The van der Waals surface area contributed by atoms with Crippen LogP contribution in [-0.4, -0.2) is 74.7 Å². The molecule has 7 rings (SSSR count). The highest BCUT2D eigenvalue weighted by Gasteiger charge is 2.41. The Labute approximate surface area is 287 Å². The van der Waals surface area contributed by atoms with Gasteiger partial charge in [-0.2, -0.15) is 23.4 Å². The van der Waals surface area contributed by atoms with E-state index < -0.39 is 23.5 Å². The molecule has 0 bridgehead atoms. The number of fused-ring (bicyclic) bond motifs is 1. The smallest absolute Gasteiger partial charge is 0.389 e. The number of nitriles is 1. The van der Waals surface area contributed by atoms with Crippen molar-refractivity contribution in [1.29, 1.82) is 5.26 Å². The van der Waals surface area contributed by atoms with E-state index in [0.717, 1.165) is 17.4 Å². The maximum Gasteiger partial charge on any atom is 0.417 e. The molecule has 1 unspecified atom stereocenters. The van der Waals surface area contributed by atoms with Crippen molar-refractivity contribution < 1.29 is 22.8 Å². The van der Waals surface area contributed by atoms with Crippen molar-refractivity contribution in [3.05, 3.63) is 58.5 Å². The Morgan fingerprint density at radius 1 is 1.18 bits per heavy atom. The number of anilines is 2. The first-order valence-electron chi connectivity index (χ1n) is 15.9. The van der Waals surface area contributed by atoms with E-state index in [-0.39, 0.29) is 87.1 Å². The standard InChI is InChI=1S/C34H32F3N7O3S2/c1-4-25(45)44-17(2)13-41(14-18(44)3)32-21-11-23(34(35,36)37)28(20-7-5-8-24-27(20)22(12-38)31(39)49-24)30-29(21)43(33(47)40-32)15-19(16-48-30)42-10-6-9-26(42)46/h4-5,7-8,11,17-19H,1,6,9-10,13-16,39H2,2-3H3/t17-,18+,19?.